The molecule has 2 atom stereocenters. The third-order valence-corrected chi connectivity index (χ3v) is 16.0. The number of carbonyl (C=O) groups is 1. The summed E-state index contributed by atoms with van der Waals surface area (Å²) >= 11 is 0. The lowest BCUT2D eigenvalue weighted by Crippen LogP contribution is -2.63. The molecule has 0 unspecified atom stereocenters. The Morgan fingerprint density at radius 3 is 2.47 bits per heavy atom. The number of anilines is 2. The van der Waals surface area contributed by atoms with E-state index < -0.39 is 33.3 Å². The van der Waals surface area contributed by atoms with Gasteiger partial charge in [-0.1, -0.05) is 30.7 Å². The zero-order chi connectivity index (χ0) is 48.0. The van der Waals surface area contributed by atoms with Crippen LogP contribution in [-0.4, -0.2) is 85.3 Å². The van der Waals surface area contributed by atoms with Gasteiger partial charge in [0.2, 0.25) is 0 Å². The molecule has 4 fully saturated rings. The van der Waals surface area contributed by atoms with Crippen molar-refractivity contribution >= 4 is 44.0 Å². The Morgan fingerprint density at radius 2 is 1.75 bits per heavy atom. The van der Waals surface area contributed by atoms with Crippen molar-refractivity contribution in [3.63, 3.8) is 0 Å². The number of H-pyrrole nitrogens is 1. The van der Waals surface area contributed by atoms with Crippen molar-refractivity contribution in [2.24, 2.45) is 16.5 Å². The summed E-state index contributed by atoms with van der Waals surface area (Å²) in [6.45, 7) is 8.36. The highest BCUT2D eigenvalue weighted by Gasteiger charge is 2.50. The molecule has 1 spiro atoms. The van der Waals surface area contributed by atoms with E-state index in [1.165, 1.54) is 24.3 Å². The highest BCUT2D eigenvalue weighted by atomic mass is 32.2. The van der Waals surface area contributed by atoms with E-state index in [2.05, 4.69) is 35.0 Å². The van der Waals surface area contributed by atoms with E-state index in [0.717, 1.165) is 82.8 Å². The Labute approximate surface area is 394 Å². The number of hydrogen-bond donors (Lipinski definition) is 4. The van der Waals surface area contributed by atoms with Gasteiger partial charge >= 0.3 is 0 Å². The average molecular weight is 958 g/mol. The Morgan fingerprint density at radius 1 is 1.00 bits per heavy atom. The van der Waals surface area contributed by atoms with Gasteiger partial charge in [0.05, 0.1) is 33.7 Å². The number of amides is 1. The quantitative estimate of drug-likeness (QED) is 0.0734. The Balaban J connectivity index is 0.927. The van der Waals surface area contributed by atoms with Gasteiger partial charge in [0.1, 0.15) is 22.9 Å². The maximum atomic E-state index is 14.9. The lowest BCUT2D eigenvalue weighted by Gasteiger charge is -2.57. The molecular formula is C50H58F3N7O7S. The van der Waals surface area contributed by atoms with Gasteiger partial charge in [-0.15, -0.1) is 4.91 Å². The lowest BCUT2D eigenvalue weighted by molar-refractivity contribution is -0.0499. The Hall–Kier alpha value is -5.72. The highest BCUT2D eigenvalue weighted by Crippen LogP contribution is 2.50. The van der Waals surface area contributed by atoms with E-state index in [4.69, 9.17) is 9.47 Å². The summed E-state index contributed by atoms with van der Waals surface area (Å²) in [6.07, 6.45) is 8.64. The minimum atomic E-state index is -4.57. The fourth-order valence-electron chi connectivity index (χ4n) is 10.9. The summed E-state index contributed by atoms with van der Waals surface area (Å²) in [6, 6.07) is 17.2. The molecule has 18 heteroatoms. The van der Waals surface area contributed by atoms with Crippen LogP contribution in [-0.2, 0) is 15.9 Å². The number of ether oxygens (including phenoxy) is 2. The van der Waals surface area contributed by atoms with Crippen molar-refractivity contribution in [1.29, 1.82) is 0 Å². The molecule has 4 aliphatic rings. The molecule has 2 saturated carbocycles. The van der Waals surface area contributed by atoms with Gasteiger partial charge in [0.15, 0.2) is 5.75 Å². The van der Waals surface area contributed by atoms with Gasteiger partial charge in [-0.05, 0) is 124 Å². The zero-order valence-electron chi connectivity index (χ0n) is 38.5. The molecule has 4 heterocycles. The number of sulfonamides is 1. The number of halogens is 3. The summed E-state index contributed by atoms with van der Waals surface area (Å²) in [5.41, 5.74) is 1.22. The molecule has 2 aliphatic heterocycles. The first-order valence-electron chi connectivity index (χ1n) is 23.5. The van der Waals surface area contributed by atoms with Gasteiger partial charge < -0.3 is 29.8 Å². The number of nitrogens with zero attached hydrogens (tertiary/aromatic N) is 4. The number of pyridine rings is 1. The van der Waals surface area contributed by atoms with Gasteiger partial charge in [0, 0.05) is 75.3 Å². The van der Waals surface area contributed by atoms with Crippen LogP contribution in [0.5, 0.6) is 17.4 Å². The molecular weight excluding hydrogens is 900 g/mol. The van der Waals surface area contributed by atoms with Crippen LogP contribution in [0, 0.1) is 22.1 Å². The van der Waals surface area contributed by atoms with E-state index in [1.807, 2.05) is 19.1 Å². The SMILES string of the molecule is CCOc1nc2[nH]cc(F)c2cc1Oc1cc(N2CCC3(CC2)CN([C@@H]2CCC[C@@H]2c2ccccc2C(C)(F)F)C3)ccc1C(=O)NS(=O)(=O)c1ccc(NCC2CCC(C)(O)CC2)c(N=O)c1. The van der Waals surface area contributed by atoms with Gasteiger partial charge in [-0.3, -0.25) is 9.69 Å². The number of likely N-dealkylation sites (tertiary alicyclic amines) is 1. The number of fused-ring (bicyclic) bond motifs is 1. The molecule has 9 rings (SSSR count). The maximum Gasteiger partial charge on any atom is 0.270 e. The summed E-state index contributed by atoms with van der Waals surface area (Å²) in [5.74, 6) is -4.24. The van der Waals surface area contributed by atoms with Crippen molar-refractivity contribution in [2.45, 2.75) is 107 Å². The molecule has 1 amide bonds. The molecule has 5 aromatic rings. The monoisotopic (exact) mass is 957 g/mol. The zero-order valence-corrected chi connectivity index (χ0v) is 39.3. The van der Waals surface area contributed by atoms with Crippen LogP contribution in [0.2, 0.25) is 0 Å². The second-order valence-corrected chi connectivity index (χ2v) is 21.2. The van der Waals surface area contributed by atoms with Crippen molar-refractivity contribution < 1.29 is 41.0 Å². The number of hydrogen-bond acceptors (Lipinski definition) is 12. The fourth-order valence-corrected chi connectivity index (χ4v) is 11.8. The molecule has 4 N–H and O–H groups in total. The molecule has 2 aliphatic carbocycles. The number of aromatic nitrogens is 2. The third-order valence-electron chi connectivity index (χ3n) is 14.7. The summed E-state index contributed by atoms with van der Waals surface area (Å²) in [7, 11) is -4.57. The van der Waals surface area contributed by atoms with Gasteiger partial charge in [-0.2, -0.15) is 4.98 Å². The van der Waals surface area contributed by atoms with E-state index >= 15 is 0 Å². The van der Waals surface area contributed by atoms with E-state index in [-0.39, 0.29) is 80.0 Å². The Bertz CT molecular complexity index is 2790. The van der Waals surface area contributed by atoms with Crippen LogP contribution in [0.3, 0.4) is 0 Å². The van der Waals surface area contributed by atoms with Crippen LogP contribution in [0.1, 0.15) is 106 Å². The normalized spacial score (nSPS) is 23.0. The van der Waals surface area contributed by atoms with Gasteiger partial charge in [0.25, 0.3) is 27.7 Å². The standard InChI is InChI=1S/C50H58F3N7O7S/c1-4-66-47-44(26-37-39(51)28-55-45(37)56-47)67-43-24-32(59-22-20-50(21-23-59)29-60(30-50)42-11-7-9-35(42)34-8-5-6-10-38(34)49(3,52)53)12-14-36(43)46(61)58-68(64,65)33-13-15-40(41(25-33)57-63)54-27-31-16-18-48(2,62)19-17-31/h5-6,8,10,12-15,24-26,28,31,35,42,54,62H,4,7,9,11,16-23,27,29-30H2,1-3H3,(H,55,56)(H,58,61)/t31?,35-,42-,48?/m1/s1. The van der Waals surface area contributed by atoms with Crippen molar-refractivity contribution in [1.82, 2.24) is 19.6 Å². The molecule has 0 bridgehead atoms. The Kier molecular flexibility index (Phi) is 13.0. The number of aliphatic hydroxyl groups is 1. The molecule has 3 aromatic carbocycles. The number of carbonyl (C=O) groups excluding carboxylic acids is 1. The molecule has 0 radical (unpaired) electrons. The van der Waals surface area contributed by atoms with Gasteiger partial charge in [-0.25, -0.2) is 26.3 Å². The first-order chi connectivity index (χ1) is 32.4. The van der Waals surface area contributed by atoms with E-state index in [9.17, 15) is 36.4 Å². The second-order valence-electron chi connectivity index (χ2n) is 19.5. The molecule has 68 heavy (non-hydrogen) atoms. The van der Waals surface area contributed by atoms with Crippen LogP contribution in [0.15, 0.2) is 83.0 Å². The number of nitroso groups, excluding NO2 is 1. The summed E-state index contributed by atoms with van der Waals surface area (Å²) in [4.78, 5) is 37.5. The third kappa shape index (κ3) is 9.77. The van der Waals surface area contributed by atoms with E-state index in [0.29, 0.717) is 43.9 Å². The number of nitrogens with one attached hydrogen (secondary N) is 3. The van der Waals surface area contributed by atoms with Crippen LogP contribution in [0.4, 0.5) is 30.2 Å². The minimum Gasteiger partial charge on any atom is -0.475 e. The summed E-state index contributed by atoms with van der Waals surface area (Å²) < 4.78 is 86.1. The van der Waals surface area contributed by atoms with Crippen LogP contribution >= 0.6 is 0 Å². The number of benzene rings is 3. The largest absolute Gasteiger partial charge is 0.475 e. The number of alkyl halides is 2. The van der Waals surface area contributed by atoms with Crippen LogP contribution in [0.25, 0.3) is 11.0 Å². The smallest absolute Gasteiger partial charge is 0.270 e. The topological polar surface area (TPSA) is 179 Å². The predicted octanol–water partition coefficient (Wildman–Crippen LogP) is 10.1. The van der Waals surface area contributed by atoms with Crippen molar-refractivity contribution in [3.05, 3.63) is 100 Å². The number of rotatable bonds is 15. The molecule has 2 aromatic heterocycles. The number of aromatic amines is 1. The van der Waals surface area contributed by atoms with Crippen molar-refractivity contribution in [3.8, 4) is 17.4 Å². The number of piperidine rings is 1. The van der Waals surface area contributed by atoms with E-state index in [1.54, 1.807) is 31.2 Å². The first kappa shape index (κ1) is 47.4. The predicted molar refractivity (Wildman–Crippen MR) is 253 cm³/mol. The molecule has 2 saturated heterocycles. The fraction of sp³-hybridized carbons (Fsp3) is 0.480. The second kappa shape index (κ2) is 18.6. The molecule has 362 valence electrons. The summed E-state index contributed by atoms with van der Waals surface area (Å²) in [5, 5.41) is 16.7. The molecule has 14 nitrogen and oxygen atoms in total. The highest BCUT2D eigenvalue weighted by molar-refractivity contribution is 7.90. The van der Waals surface area contributed by atoms with Crippen molar-refractivity contribution in [2.75, 3.05) is 49.5 Å². The minimum absolute atomic E-state index is 0.00190. The van der Waals surface area contributed by atoms with Crippen LogP contribution < -0.4 is 24.4 Å². The lowest BCUT2D eigenvalue weighted by atomic mass is 9.70. The average Bonchev–Trinajstić information content (AvgIpc) is 3.93. The maximum absolute atomic E-state index is 14.9. The first-order valence-corrected chi connectivity index (χ1v) is 25.0.